The Morgan fingerprint density at radius 2 is 2.19 bits per heavy atom. The minimum Gasteiger partial charge on any atom is -0.462 e. The van der Waals surface area contributed by atoms with Crippen LogP contribution in [0.2, 0.25) is 0 Å². The molecule has 2 atom stereocenters. The zero-order chi connectivity index (χ0) is 11.5. The number of carbonyl (C=O) groups is 1. The second-order valence-corrected chi connectivity index (χ2v) is 5.50. The molecule has 1 aliphatic carbocycles. The minimum absolute atomic E-state index is 0.0125. The Kier molecular flexibility index (Phi) is 3.67. The van der Waals surface area contributed by atoms with Gasteiger partial charge in [0, 0.05) is 12.8 Å². The van der Waals surface area contributed by atoms with Crippen molar-refractivity contribution >= 4 is 5.97 Å². The SMILES string of the molecule is CC(C)C1CC=C(CC2CCC(=O)O2)CC1. The van der Waals surface area contributed by atoms with E-state index in [1.165, 1.54) is 24.8 Å². The van der Waals surface area contributed by atoms with Crippen LogP contribution in [-0.4, -0.2) is 12.1 Å². The Labute approximate surface area is 98.1 Å². The van der Waals surface area contributed by atoms with Crippen LogP contribution in [0.4, 0.5) is 0 Å². The maximum Gasteiger partial charge on any atom is 0.306 e. The zero-order valence-corrected chi connectivity index (χ0v) is 10.4. The molecule has 0 spiro atoms. The Bertz CT molecular complexity index is 291. The number of cyclic esters (lactones) is 1. The Morgan fingerprint density at radius 1 is 1.38 bits per heavy atom. The normalized spacial score (nSPS) is 30.4. The molecule has 1 heterocycles. The summed E-state index contributed by atoms with van der Waals surface area (Å²) in [6.45, 7) is 4.62. The maximum absolute atomic E-state index is 11.0. The van der Waals surface area contributed by atoms with Gasteiger partial charge < -0.3 is 4.74 Å². The van der Waals surface area contributed by atoms with Crippen molar-refractivity contribution in [1.82, 2.24) is 0 Å². The summed E-state index contributed by atoms with van der Waals surface area (Å²) in [4.78, 5) is 11.0. The first kappa shape index (κ1) is 11.7. The number of ether oxygens (including phenoxy) is 1. The smallest absolute Gasteiger partial charge is 0.306 e. The third kappa shape index (κ3) is 2.87. The fourth-order valence-corrected chi connectivity index (χ4v) is 2.72. The van der Waals surface area contributed by atoms with Crippen molar-refractivity contribution in [3.8, 4) is 0 Å². The molecule has 90 valence electrons. The van der Waals surface area contributed by atoms with Crippen LogP contribution in [0.15, 0.2) is 11.6 Å². The van der Waals surface area contributed by atoms with Gasteiger partial charge in [0.15, 0.2) is 0 Å². The van der Waals surface area contributed by atoms with E-state index >= 15 is 0 Å². The highest BCUT2D eigenvalue weighted by atomic mass is 16.5. The predicted molar refractivity (Wildman–Crippen MR) is 64.0 cm³/mol. The lowest BCUT2D eigenvalue weighted by Gasteiger charge is -2.25. The topological polar surface area (TPSA) is 26.3 Å². The molecule has 0 N–H and O–H groups in total. The number of allylic oxidation sites excluding steroid dienone is 1. The number of hydrogen-bond donors (Lipinski definition) is 0. The van der Waals surface area contributed by atoms with E-state index in [1.807, 2.05) is 0 Å². The molecule has 2 aliphatic rings. The molecule has 0 radical (unpaired) electrons. The van der Waals surface area contributed by atoms with Crippen molar-refractivity contribution in [2.24, 2.45) is 11.8 Å². The molecule has 0 aromatic carbocycles. The fraction of sp³-hybridized carbons (Fsp3) is 0.786. The molecule has 0 amide bonds. The first-order valence-electron chi connectivity index (χ1n) is 6.52. The van der Waals surface area contributed by atoms with Crippen LogP contribution in [0, 0.1) is 11.8 Å². The number of hydrogen-bond acceptors (Lipinski definition) is 2. The van der Waals surface area contributed by atoms with Crippen LogP contribution >= 0.6 is 0 Å². The van der Waals surface area contributed by atoms with Crippen LogP contribution in [0.1, 0.15) is 52.4 Å². The summed E-state index contributed by atoms with van der Waals surface area (Å²) in [5.74, 6) is 1.64. The van der Waals surface area contributed by atoms with Gasteiger partial charge in [0.25, 0.3) is 0 Å². The summed E-state index contributed by atoms with van der Waals surface area (Å²) in [5.41, 5.74) is 1.51. The number of esters is 1. The third-order valence-electron chi connectivity index (χ3n) is 3.95. The Morgan fingerprint density at radius 3 is 2.69 bits per heavy atom. The fourth-order valence-electron chi connectivity index (χ4n) is 2.72. The highest BCUT2D eigenvalue weighted by Gasteiger charge is 2.25. The van der Waals surface area contributed by atoms with Crippen molar-refractivity contribution in [2.75, 3.05) is 0 Å². The van der Waals surface area contributed by atoms with Crippen LogP contribution in [-0.2, 0) is 9.53 Å². The van der Waals surface area contributed by atoms with Gasteiger partial charge in [-0.1, -0.05) is 25.5 Å². The van der Waals surface area contributed by atoms with Crippen molar-refractivity contribution < 1.29 is 9.53 Å². The molecule has 2 nitrogen and oxygen atoms in total. The van der Waals surface area contributed by atoms with Crippen molar-refractivity contribution in [3.05, 3.63) is 11.6 Å². The van der Waals surface area contributed by atoms with E-state index in [0.717, 1.165) is 24.7 Å². The van der Waals surface area contributed by atoms with Crippen LogP contribution in [0.25, 0.3) is 0 Å². The lowest BCUT2D eigenvalue weighted by molar-refractivity contribution is -0.141. The molecule has 0 saturated carbocycles. The first-order valence-corrected chi connectivity index (χ1v) is 6.52. The number of carbonyl (C=O) groups excluding carboxylic acids is 1. The molecule has 1 aliphatic heterocycles. The average Bonchev–Trinajstić information content (AvgIpc) is 2.65. The van der Waals surface area contributed by atoms with E-state index in [9.17, 15) is 4.79 Å². The van der Waals surface area contributed by atoms with Crippen LogP contribution in [0.5, 0.6) is 0 Å². The van der Waals surface area contributed by atoms with Crippen LogP contribution < -0.4 is 0 Å². The lowest BCUT2D eigenvalue weighted by Crippen LogP contribution is -2.15. The summed E-state index contributed by atoms with van der Waals surface area (Å²) in [7, 11) is 0. The van der Waals surface area contributed by atoms with E-state index in [2.05, 4.69) is 19.9 Å². The van der Waals surface area contributed by atoms with Gasteiger partial charge in [-0.3, -0.25) is 4.79 Å². The van der Waals surface area contributed by atoms with Gasteiger partial charge >= 0.3 is 5.97 Å². The molecule has 2 unspecified atom stereocenters. The Balaban J connectivity index is 1.81. The molecule has 0 aromatic heterocycles. The largest absolute Gasteiger partial charge is 0.462 e. The molecule has 1 fully saturated rings. The van der Waals surface area contributed by atoms with E-state index in [1.54, 1.807) is 0 Å². The molecular weight excluding hydrogens is 200 g/mol. The zero-order valence-electron chi connectivity index (χ0n) is 10.4. The number of rotatable bonds is 3. The van der Waals surface area contributed by atoms with Crippen molar-refractivity contribution in [1.29, 1.82) is 0 Å². The second-order valence-electron chi connectivity index (χ2n) is 5.50. The highest BCUT2D eigenvalue weighted by Crippen LogP contribution is 2.32. The quantitative estimate of drug-likeness (QED) is 0.540. The van der Waals surface area contributed by atoms with E-state index < -0.39 is 0 Å². The molecule has 1 saturated heterocycles. The van der Waals surface area contributed by atoms with Crippen molar-refractivity contribution in [2.45, 2.75) is 58.5 Å². The predicted octanol–water partition coefficient (Wildman–Crippen LogP) is 3.46. The van der Waals surface area contributed by atoms with Gasteiger partial charge in [0.1, 0.15) is 6.10 Å². The minimum atomic E-state index is -0.0125. The highest BCUT2D eigenvalue weighted by molar-refractivity contribution is 5.71. The molecule has 0 bridgehead atoms. The standard InChI is InChI=1S/C14H22O2/c1-10(2)12-5-3-11(4-6-12)9-13-7-8-14(15)16-13/h3,10,12-13H,4-9H2,1-2H3. The third-order valence-corrected chi connectivity index (χ3v) is 3.95. The van der Waals surface area contributed by atoms with E-state index in [4.69, 9.17) is 4.74 Å². The monoisotopic (exact) mass is 222 g/mol. The van der Waals surface area contributed by atoms with Gasteiger partial charge in [0.2, 0.25) is 0 Å². The summed E-state index contributed by atoms with van der Waals surface area (Å²) in [6.07, 6.45) is 8.82. The van der Waals surface area contributed by atoms with E-state index in [0.29, 0.717) is 6.42 Å². The van der Waals surface area contributed by atoms with E-state index in [-0.39, 0.29) is 12.1 Å². The first-order chi connectivity index (χ1) is 7.65. The molecule has 2 heteroatoms. The van der Waals surface area contributed by atoms with Crippen molar-refractivity contribution in [3.63, 3.8) is 0 Å². The van der Waals surface area contributed by atoms with Crippen LogP contribution in [0.3, 0.4) is 0 Å². The van der Waals surface area contributed by atoms with Gasteiger partial charge in [-0.25, -0.2) is 0 Å². The summed E-state index contributed by atoms with van der Waals surface area (Å²) in [6, 6.07) is 0. The molecular formula is C14H22O2. The van der Waals surface area contributed by atoms with Gasteiger partial charge in [0.05, 0.1) is 0 Å². The van der Waals surface area contributed by atoms with Gasteiger partial charge in [-0.2, -0.15) is 0 Å². The summed E-state index contributed by atoms with van der Waals surface area (Å²) in [5, 5.41) is 0. The second kappa shape index (κ2) is 5.03. The molecule has 2 rings (SSSR count). The lowest BCUT2D eigenvalue weighted by atomic mass is 9.81. The molecule has 16 heavy (non-hydrogen) atoms. The summed E-state index contributed by atoms with van der Waals surface area (Å²) < 4.78 is 5.26. The Hall–Kier alpha value is -0.790. The average molecular weight is 222 g/mol. The maximum atomic E-state index is 11.0. The molecule has 0 aromatic rings. The van der Waals surface area contributed by atoms with Gasteiger partial charge in [-0.15, -0.1) is 0 Å². The van der Waals surface area contributed by atoms with Gasteiger partial charge in [-0.05, 0) is 37.5 Å². The summed E-state index contributed by atoms with van der Waals surface area (Å²) >= 11 is 0.